The summed E-state index contributed by atoms with van der Waals surface area (Å²) in [6.07, 6.45) is 0. The predicted molar refractivity (Wildman–Crippen MR) is 78.1 cm³/mol. The van der Waals surface area contributed by atoms with E-state index in [2.05, 4.69) is 54.4 Å². The highest BCUT2D eigenvalue weighted by Gasteiger charge is 2.21. The van der Waals surface area contributed by atoms with E-state index in [1.807, 2.05) is 0 Å². The molecule has 0 atom stereocenters. The van der Waals surface area contributed by atoms with Crippen LogP contribution in [0.5, 0.6) is 0 Å². The predicted octanol–water partition coefficient (Wildman–Crippen LogP) is 2.27. The van der Waals surface area contributed by atoms with Gasteiger partial charge in [-0.15, -0.1) is 5.10 Å². The van der Waals surface area contributed by atoms with Crippen LogP contribution in [0.2, 0.25) is 0 Å². The third-order valence-corrected chi connectivity index (χ3v) is 3.77. The number of rotatable bonds is 7. The maximum Gasteiger partial charge on any atom is 0.0854 e. The summed E-state index contributed by atoms with van der Waals surface area (Å²) < 4.78 is 4.08. The molecule has 4 nitrogen and oxygen atoms in total. The summed E-state index contributed by atoms with van der Waals surface area (Å²) in [5.41, 5.74) is 1.21. The molecule has 0 bridgehead atoms. The molecule has 1 rings (SSSR count). The lowest BCUT2D eigenvalue weighted by Gasteiger charge is -2.19. The Labute approximate surface area is 115 Å². The van der Waals surface area contributed by atoms with Gasteiger partial charge in [0.2, 0.25) is 0 Å². The Morgan fingerprint density at radius 2 is 1.89 bits per heavy atom. The van der Waals surface area contributed by atoms with Crippen molar-refractivity contribution >= 4 is 11.5 Å². The lowest BCUT2D eigenvalue weighted by molar-refractivity contribution is 0.302. The van der Waals surface area contributed by atoms with Gasteiger partial charge in [-0.3, -0.25) is 0 Å². The molecule has 0 unspecified atom stereocenters. The average molecular weight is 270 g/mol. The second kappa shape index (κ2) is 7.16. The normalized spacial score (nSPS) is 12.3. The Kier molecular flexibility index (Phi) is 6.18. The quantitative estimate of drug-likeness (QED) is 0.772. The summed E-state index contributed by atoms with van der Waals surface area (Å²) >= 11 is 1.51. The molecule has 18 heavy (non-hydrogen) atoms. The maximum atomic E-state index is 4.25. The van der Waals surface area contributed by atoms with Crippen molar-refractivity contribution < 1.29 is 0 Å². The van der Waals surface area contributed by atoms with Gasteiger partial charge in [-0.25, -0.2) is 0 Å². The van der Waals surface area contributed by atoms with Gasteiger partial charge in [0.1, 0.15) is 0 Å². The monoisotopic (exact) mass is 270 g/mol. The molecular formula is C13H26N4S. The molecule has 0 aliphatic heterocycles. The molecule has 0 saturated carbocycles. The SMILES string of the molecule is CCN(CC)CCNCc1snnc1C(C)(C)C. The first-order valence-electron chi connectivity index (χ1n) is 6.73. The minimum Gasteiger partial charge on any atom is -0.310 e. The largest absolute Gasteiger partial charge is 0.310 e. The standard InChI is InChI=1S/C13H26N4S/c1-6-17(7-2)9-8-14-10-11-12(13(3,4)5)15-16-18-11/h14H,6-10H2,1-5H3. The van der Waals surface area contributed by atoms with Crippen LogP contribution in [0.25, 0.3) is 0 Å². The minimum absolute atomic E-state index is 0.0862. The van der Waals surface area contributed by atoms with E-state index in [1.54, 1.807) is 0 Å². The lowest BCUT2D eigenvalue weighted by Crippen LogP contribution is -2.31. The topological polar surface area (TPSA) is 41.0 Å². The van der Waals surface area contributed by atoms with E-state index in [9.17, 15) is 0 Å². The summed E-state index contributed by atoms with van der Waals surface area (Å²) in [6, 6.07) is 0. The number of hydrogen-bond acceptors (Lipinski definition) is 5. The Hall–Kier alpha value is -0.520. The van der Waals surface area contributed by atoms with Crippen LogP contribution in [0.15, 0.2) is 0 Å². The first kappa shape index (κ1) is 15.5. The zero-order chi connectivity index (χ0) is 13.6. The van der Waals surface area contributed by atoms with E-state index in [0.717, 1.165) is 38.4 Å². The number of likely N-dealkylation sites (N-methyl/N-ethyl adjacent to an activating group) is 1. The summed E-state index contributed by atoms with van der Waals surface area (Å²) in [7, 11) is 0. The molecule has 104 valence electrons. The minimum atomic E-state index is 0.0862. The van der Waals surface area contributed by atoms with Gasteiger partial charge >= 0.3 is 0 Å². The Morgan fingerprint density at radius 3 is 2.44 bits per heavy atom. The van der Waals surface area contributed by atoms with Crippen LogP contribution in [0.4, 0.5) is 0 Å². The molecule has 0 spiro atoms. The summed E-state index contributed by atoms with van der Waals surface area (Å²) in [5.74, 6) is 0. The Morgan fingerprint density at radius 1 is 1.22 bits per heavy atom. The van der Waals surface area contributed by atoms with Crippen molar-refractivity contribution in [2.45, 2.75) is 46.6 Å². The first-order chi connectivity index (χ1) is 8.49. The zero-order valence-corrected chi connectivity index (χ0v) is 13.1. The van der Waals surface area contributed by atoms with Gasteiger partial charge in [-0.05, 0) is 24.6 Å². The van der Waals surface area contributed by atoms with Crippen LogP contribution in [0, 0.1) is 0 Å². The smallest absolute Gasteiger partial charge is 0.0854 e. The van der Waals surface area contributed by atoms with Crippen LogP contribution in [-0.2, 0) is 12.0 Å². The maximum absolute atomic E-state index is 4.25. The van der Waals surface area contributed by atoms with E-state index in [4.69, 9.17) is 0 Å². The average Bonchev–Trinajstić information content (AvgIpc) is 2.77. The molecule has 0 aliphatic carbocycles. The fourth-order valence-electron chi connectivity index (χ4n) is 1.87. The van der Waals surface area contributed by atoms with E-state index in [-0.39, 0.29) is 5.41 Å². The van der Waals surface area contributed by atoms with E-state index >= 15 is 0 Å². The molecular weight excluding hydrogens is 244 g/mol. The van der Waals surface area contributed by atoms with E-state index in [0.29, 0.717) is 0 Å². The van der Waals surface area contributed by atoms with Gasteiger partial charge in [0.05, 0.1) is 10.6 Å². The lowest BCUT2D eigenvalue weighted by atomic mass is 9.91. The number of nitrogens with zero attached hydrogens (tertiary/aromatic N) is 3. The Balaban J connectivity index is 2.38. The molecule has 1 aromatic rings. The molecule has 0 aromatic carbocycles. The molecule has 1 aromatic heterocycles. The van der Waals surface area contributed by atoms with E-state index in [1.165, 1.54) is 16.4 Å². The van der Waals surface area contributed by atoms with Crippen molar-refractivity contribution in [3.63, 3.8) is 0 Å². The number of aromatic nitrogens is 2. The second-order valence-electron chi connectivity index (χ2n) is 5.50. The molecule has 0 saturated heterocycles. The summed E-state index contributed by atoms with van der Waals surface area (Å²) in [4.78, 5) is 3.69. The van der Waals surface area contributed by atoms with Crippen molar-refractivity contribution in [1.29, 1.82) is 0 Å². The third kappa shape index (κ3) is 4.63. The molecule has 0 radical (unpaired) electrons. The number of nitrogens with one attached hydrogen (secondary N) is 1. The Bertz CT molecular complexity index is 339. The van der Waals surface area contributed by atoms with Gasteiger partial charge in [-0.2, -0.15) is 0 Å². The molecule has 1 heterocycles. The fraction of sp³-hybridized carbons (Fsp3) is 0.846. The third-order valence-electron chi connectivity index (χ3n) is 3.05. The van der Waals surface area contributed by atoms with Crippen LogP contribution < -0.4 is 5.32 Å². The van der Waals surface area contributed by atoms with Crippen LogP contribution in [0.1, 0.15) is 45.2 Å². The van der Waals surface area contributed by atoms with Crippen molar-refractivity contribution in [3.8, 4) is 0 Å². The highest BCUT2D eigenvalue weighted by atomic mass is 32.1. The molecule has 0 fully saturated rings. The second-order valence-corrected chi connectivity index (χ2v) is 6.34. The van der Waals surface area contributed by atoms with Gasteiger partial charge in [0.15, 0.2) is 0 Å². The van der Waals surface area contributed by atoms with Crippen molar-refractivity contribution in [1.82, 2.24) is 19.8 Å². The van der Waals surface area contributed by atoms with Gasteiger partial charge in [0.25, 0.3) is 0 Å². The summed E-state index contributed by atoms with van der Waals surface area (Å²) in [6.45, 7) is 16.2. The summed E-state index contributed by atoms with van der Waals surface area (Å²) in [5, 5.41) is 7.74. The van der Waals surface area contributed by atoms with Crippen LogP contribution in [0.3, 0.4) is 0 Å². The molecule has 1 N–H and O–H groups in total. The number of hydrogen-bond donors (Lipinski definition) is 1. The fourth-order valence-corrected chi connectivity index (χ4v) is 2.69. The zero-order valence-electron chi connectivity index (χ0n) is 12.3. The van der Waals surface area contributed by atoms with E-state index < -0.39 is 0 Å². The van der Waals surface area contributed by atoms with Crippen LogP contribution >= 0.6 is 11.5 Å². The molecule has 5 heteroatoms. The van der Waals surface area contributed by atoms with Gasteiger partial charge < -0.3 is 10.2 Å². The van der Waals surface area contributed by atoms with Gasteiger partial charge in [0, 0.05) is 25.0 Å². The van der Waals surface area contributed by atoms with Crippen LogP contribution in [-0.4, -0.2) is 40.7 Å². The van der Waals surface area contributed by atoms with Crippen molar-refractivity contribution in [3.05, 3.63) is 10.6 Å². The highest BCUT2D eigenvalue weighted by Crippen LogP contribution is 2.25. The van der Waals surface area contributed by atoms with Crippen molar-refractivity contribution in [2.24, 2.45) is 0 Å². The molecule has 0 amide bonds. The van der Waals surface area contributed by atoms with Gasteiger partial charge in [-0.1, -0.05) is 39.1 Å². The molecule has 0 aliphatic rings. The highest BCUT2D eigenvalue weighted by molar-refractivity contribution is 7.05. The first-order valence-corrected chi connectivity index (χ1v) is 7.51. The van der Waals surface area contributed by atoms with Crippen molar-refractivity contribution in [2.75, 3.05) is 26.2 Å².